The third kappa shape index (κ3) is 3.46. The minimum Gasteiger partial charge on any atom is -0.324 e. The van der Waals surface area contributed by atoms with Gasteiger partial charge in [0.1, 0.15) is 5.82 Å². The second kappa shape index (κ2) is 6.79. The van der Waals surface area contributed by atoms with Crippen molar-refractivity contribution in [2.24, 2.45) is 5.73 Å². The maximum Gasteiger partial charge on any atom is 0.191 e. The standard InChI is InChI=1S/C9H17FN4S/c1-2-5-14-8(7-11)12-13-9(14)15-6-3-4-10/h2-7,11H2,1H3. The molecular weight excluding hydrogens is 215 g/mol. The number of hydrogen-bond donors (Lipinski definition) is 1. The van der Waals surface area contributed by atoms with Crippen molar-refractivity contribution >= 4 is 11.8 Å². The highest BCUT2D eigenvalue weighted by atomic mass is 32.2. The van der Waals surface area contributed by atoms with Gasteiger partial charge >= 0.3 is 0 Å². The van der Waals surface area contributed by atoms with Gasteiger partial charge in [0.15, 0.2) is 5.16 Å². The molecular formula is C9H17FN4S. The number of aromatic nitrogens is 3. The molecule has 1 aromatic heterocycles. The van der Waals surface area contributed by atoms with E-state index in [1.54, 1.807) is 11.8 Å². The summed E-state index contributed by atoms with van der Waals surface area (Å²) in [5.41, 5.74) is 5.56. The molecule has 1 rings (SSSR count). The molecule has 0 spiro atoms. The third-order valence-electron chi connectivity index (χ3n) is 1.93. The van der Waals surface area contributed by atoms with Crippen molar-refractivity contribution in [3.05, 3.63) is 5.82 Å². The summed E-state index contributed by atoms with van der Waals surface area (Å²) in [6.45, 7) is 3.09. The summed E-state index contributed by atoms with van der Waals surface area (Å²) < 4.78 is 14.0. The summed E-state index contributed by atoms with van der Waals surface area (Å²) in [5.74, 6) is 1.54. The lowest BCUT2D eigenvalue weighted by molar-refractivity contribution is 0.489. The highest BCUT2D eigenvalue weighted by Crippen LogP contribution is 2.18. The fourth-order valence-electron chi connectivity index (χ4n) is 1.24. The van der Waals surface area contributed by atoms with Crippen molar-refractivity contribution in [2.45, 2.75) is 38.0 Å². The lowest BCUT2D eigenvalue weighted by atomic mass is 10.4. The Hall–Kier alpha value is -0.620. The number of thioether (sulfide) groups is 1. The quantitative estimate of drug-likeness (QED) is 0.573. The van der Waals surface area contributed by atoms with Crippen LogP contribution in [0.25, 0.3) is 0 Å². The van der Waals surface area contributed by atoms with E-state index in [9.17, 15) is 4.39 Å². The van der Waals surface area contributed by atoms with E-state index in [0.29, 0.717) is 13.0 Å². The first-order valence-corrected chi connectivity index (χ1v) is 6.13. The summed E-state index contributed by atoms with van der Waals surface area (Å²) in [6.07, 6.45) is 1.57. The first-order chi connectivity index (χ1) is 7.33. The van der Waals surface area contributed by atoms with Gasteiger partial charge in [-0.05, 0) is 12.8 Å². The Balaban J connectivity index is 2.64. The van der Waals surface area contributed by atoms with Crippen LogP contribution in [0.5, 0.6) is 0 Å². The van der Waals surface area contributed by atoms with E-state index in [-0.39, 0.29) is 6.67 Å². The third-order valence-corrected chi connectivity index (χ3v) is 2.99. The van der Waals surface area contributed by atoms with Crippen molar-refractivity contribution in [3.63, 3.8) is 0 Å². The van der Waals surface area contributed by atoms with Gasteiger partial charge in [0, 0.05) is 12.3 Å². The van der Waals surface area contributed by atoms with Crippen molar-refractivity contribution < 1.29 is 4.39 Å². The SMILES string of the molecule is CCCn1c(CN)nnc1SCCCF. The van der Waals surface area contributed by atoms with Gasteiger partial charge in [-0.1, -0.05) is 18.7 Å². The van der Waals surface area contributed by atoms with Crippen LogP contribution in [0.15, 0.2) is 5.16 Å². The van der Waals surface area contributed by atoms with Crippen molar-refractivity contribution in [2.75, 3.05) is 12.4 Å². The molecule has 1 aromatic rings. The van der Waals surface area contributed by atoms with Gasteiger partial charge in [-0.15, -0.1) is 10.2 Å². The number of nitrogens with two attached hydrogens (primary N) is 1. The Kier molecular flexibility index (Phi) is 5.63. The molecule has 0 atom stereocenters. The first-order valence-electron chi connectivity index (χ1n) is 5.14. The molecule has 0 bridgehead atoms. The van der Waals surface area contributed by atoms with Crippen LogP contribution in [-0.2, 0) is 13.1 Å². The molecule has 15 heavy (non-hydrogen) atoms. The van der Waals surface area contributed by atoms with Crippen LogP contribution in [0.4, 0.5) is 4.39 Å². The Labute approximate surface area is 93.4 Å². The number of alkyl halides is 1. The molecule has 4 nitrogen and oxygen atoms in total. The van der Waals surface area contributed by atoms with Gasteiger partial charge in [-0.2, -0.15) is 0 Å². The smallest absolute Gasteiger partial charge is 0.191 e. The predicted octanol–water partition coefficient (Wildman–Crippen LogP) is 1.60. The van der Waals surface area contributed by atoms with E-state index >= 15 is 0 Å². The molecule has 0 aromatic carbocycles. The average Bonchev–Trinajstić information content (AvgIpc) is 2.62. The summed E-state index contributed by atoms with van der Waals surface area (Å²) in [5, 5.41) is 8.91. The maximum atomic E-state index is 11.9. The van der Waals surface area contributed by atoms with Crippen LogP contribution in [0, 0.1) is 0 Å². The Morgan fingerprint density at radius 3 is 2.87 bits per heavy atom. The van der Waals surface area contributed by atoms with Crippen LogP contribution in [0.3, 0.4) is 0 Å². The zero-order chi connectivity index (χ0) is 11.1. The Morgan fingerprint density at radius 1 is 1.47 bits per heavy atom. The lowest BCUT2D eigenvalue weighted by Gasteiger charge is -2.06. The summed E-state index contributed by atoms with van der Waals surface area (Å²) in [7, 11) is 0. The van der Waals surface area contributed by atoms with Crippen LogP contribution in [-0.4, -0.2) is 27.2 Å². The number of rotatable bonds is 7. The molecule has 0 saturated heterocycles. The van der Waals surface area contributed by atoms with Crippen molar-refractivity contribution in [1.82, 2.24) is 14.8 Å². The molecule has 0 saturated carbocycles. The van der Waals surface area contributed by atoms with Crippen molar-refractivity contribution in [3.8, 4) is 0 Å². The average molecular weight is 232 g/mol. The molecule has 0 aliphatic heterocycles. The number of halogens is 1. The van der Waals surface area contributed by atoms with Crippen molar-refractivity contribution in [1.29, 1.82) is 0 Å². The van der Waals surface area contributed by atoms with Crippen LogP contribution in [0.1, 0.15) is 25.6 Å². The minimum atomic E-state index is -0.279. The molecule has 0 aliphatic carbocycles. The summed E-state index contributed by atoms with van der Waals surface area (Å²) >= 11 is 1.54. The first kappa shape index (κ1) is 12.4. The molecule has 86 valence electrons. The highest BCUT2D eigenvalue weighted by molar-refractivity contribution is 7.99. The summed E-state index contributed by atoms with van der Waals surface area (Å²) in [6, 6.07) is 0. The molecule has 0 amide bonds. The van der Waals surface area contributed by atoms with Gasteiger partial charge in [-0.25, -0.2) is 0 Å². The molecule has 0 unspecified atom stereocenters. The van der Waals surface area contributed by atoms with Gasteiger partial charge in [-0.3, -0.25) is 4.39 Å². The van der Waals surface area contributed by atoms with Gasteiger partial charge in [0.25, 0.3) is 0 Å². The van der Waals surface area contributed by atoms with Crippen LogP contribution < -0.4 is 5.73 Å². The van der Waals surface area contributed by atoms with E-state index in [4.69, 9.17) is 5.73 Å². The topological polar surface area (TPSA) is 56.7 Å². The fourth-order valence-corrected chi connectivity index (χ4v) is 2.13. The highest BCUT2D eigenvalue weighted by Gasteiger charge is 2.09. The van der Waals surface area contributed by atoms with Gasteiger partial charge < -0.3 is 10.3 Å². The zero-order valence-corrected chi connectivity index (χ0v) is 9.76. The predicted molar refractivity (Wildman–Crippen MR) is 59.5 cm³/mol. The van der Waals surface area contributed by atoms with Crippen LogP contribution in [0.2, 0.25) is 0 Å². The molecule has 2 N–H and O–H groups in total. The number of hydrogen-bond acceptors (Lipinski definition) is 4. The zero-order valence-electron chi connectivity index (χ0n) is 8.95. The largest absolute Gasteiger partial charge is 0.324 e. The second-order valence-corrected chi connectivity index (χ2v) is 4.21. The number of nitrogens with zero attached hydrogens (tertiary/aromatic N) is 3. The molecule has 0 aliphatic rings. The van der Waals surface area contributed by atoms with E-state index in [1.807, 2.05) is 4.57 Å². The maximum absolute atomic E-state index is 11.9. The second-order valence-electron chi connectivity index (χ2n) is 3.15. The lowest BCUT2D eigenvalue weighted by Crippen LogP contribution is -2.09. The van der Waals surface area contributed by atoms with E-state index < -0.39 is 0 Å². The Bertz CT molecular complexity index is 290. The van der Waals surface area contributed by atoms with Gasteiger partial charge in [0.05, 0.1) is 13.2 Å². The molecule has 0 fully saturated rings. The Morgan fingerprint density at radius 2 is 2.27 bits per heavy atom. The molecule has 0 radical (unpaired) electrons. The normalized spacial score (nSPS) is 10.9. The van der Waals surface area contributed by atoms with E-state index in [0.717, 1.165) is 29.7 Å². The minimum absolute atomic E-state index is 0.279. The summed E-state index contributed by atoms with van der Waals surface area (Å²) in [4.78, 5) is 0. The van der Waals surface area contributed by atoms with E-state index in [1.165, 1.54) is 0 Å². The molecule has 6 heteroatoms. The van der Waals surface area contributed by atoms with Crippen LogP contribution >= 0.6 is 11.8 Å². The van der Waals surface area contributed by atoms with E-state index in [2.05, 4.69) is 17.1 Å². The molecule has 1 heterocycles. The van der Waals surface area contributed by atoms with Gasteiger partial charge in [0.2, 0.25) is 0 Å². The fraction of sp³-hybridized carbons (Fsp3) is 0.778. The monoisotopic (exact) mass is 232 g/mol.